The molecule has 1 aliphatic carbocycles. The molecule has 0 aliphatic heterocycles. The summed E-state index contributed by atoms with van der Waals surface area (Å²) in [4.78, 5) is 4.69. The third kappa shape index (κ3) is 3.15. The monoisotopic (exact) mass is 347 g/mol. The molecular weight excluding hydrogens is 326 g/mol. The number of anilines is 1. The highest BCUT2D eigenvalue weighted by atomic mass is 79.9. The van der Waals surface area contributed by atoms with E-state index in [0.717, 1.165) is 16.1 Å². The zero-order chi connectivity index (χ0) is 14.8. The lowest BCUT2D eigenvalue weighted by Gasteiger charge is -2.24. The Hall–Kier alpha value is -1.29. The number of hydrogen-bond acceptors (Lipinski definition) is 2. The van der Waals surface area contributed by atoms with Crippen LogP contribution in [0.15, 0.2) is 28.9 Å². The van der Waals surface area contributed by atoms with Crippen LogP contribution in [-0.4, -0.2) is 15.6 Å². The van der Waals surface area contributed by atoms with E-state index >= 15 is 0 Å². The lowest BCUT2D eigenvalue weighted by molar-refractivity contribution is 0.460. The van der Waals surface area contributed by atoms with Crippen LogP contribution in [-0.2, 0) is 0 Å². The number of hydrogen-bond donors (Lipinski definition) is 1. The van der Waals surface area contributed by atoms with Crippen LogP contribution in [0.3, 0.4) is 0 Å². The van der Waals surface area contributed by atoms with E-state index in [-0.39, 0.29) is 0 Å². The van der Waals surface area contributed by atoms with E-state index in [1.165, 1.54) is 43.4 Å². The molecule has 1 N–H and O–H groups in total. The van der Waals surface area contributed by atoms with Gasteiger partial charge in [-0.2, -0.15) is 0 Å². The summed E-state index contributed by atoms with van der Waals surface area (Å²) >= 11 is 3.62. The number of nitrogens with one attached hydrogen (secondary N) is 1. The number of rotatable bonds is 3. The van der Waals surface area contributed by atoms with Gasteiger partial charge < -0.3 is 5.32 Å². The van der Waals surface area contributed by atoms with Crippen LogP contribution in [0.5, 0.6) is 0 Å². The average molecular weight is 348 g/mol. The van der Waals surface area contributed by atoms with Gasteiger partial charge in [-0.3, -0.25) is 4.57 Å². The standard InChI is InChI=1S/C17H22BrN3/c1-12-11-21(16-10-6-9-15(18)13(16)2)17(19-12)20-14-7-4-3-5-8-14/h6,9-11,14H,3-5,7-8H2,1-2H3,(H,19,20). The maximum Gasteiger partial charge on any atom is 0.207 e. The minimum Gasteiger partial charge on any atom is -0.353 e. The molecule has 1 fully saturated rings. The van der Waals surface area contributed by atoms with Crippen molar-refractivity contribution in [3.05, 3.63) is 40.1 Å². The molecule has 0 bridgehead atoms. The van der Waals surface area contributed by atoms with Gasteiger partial charge in [0.05, 0.1) is 11.4 Å². The summed E-state index contributed by atoms with van der Waals surface area (Å²) in [6.45, 7) is 4.19. The van der Waals surface area contributed by atoms with Crippen molar-refractivity contribution >= 4 is 21.9 Å². The van der Waals surface area contributed by atoms with Crippen LogP contribution >= 0.6 is 15.9 Å². The van der Waals surface area contributed by atoms with E-state index in [0.29, 0.717) is 6.04 Å². The van der Waals surface area contributed by atoms with Crippen molar-refractivity contribution in [3.8, 4) is 5.69 Å². The number of imidazole rings is 1. The summed E-state index contributed by atoms with van der Waals surface area (Å²) in [6.07, 6.45) is 8.64. The van der Waals surface area contributed by atoms with Gasteiger partial charge in [0, 0.05) is 16.7 Å². The predicted molar refractivity (Wildman–Crippen MR) is 91.2 cm³/mol. The smallest absolute Gasteiger partial charge is 0.207 e. The largest absolute Gasteiger partial charge is 0.353 e. The number of aromatic nitrogens is 2. The molecule has 3 nitrogen and oxygen atoms in total. The fourth-order valence-electron chi connectivity index (χ4n) is 3.07. The van der Waals surface area contributed by atoms with Crippen molar-refractivity contribution in [2.24, 2.45) is 0 Å². The van der Waals surface area contributed by atoms with E-state index in [1.807, 2.05) is 0 Å². The fraction of sp³-hybridized carbons (Fsp3) is 0.471. The molecule has 0 amide bonds. The predicted octanol–water partition coefficient (Wildman–Crippen LogP) is 5.00. The maximum absolute atomic E-state index is 4.69. The van der Waals surface area contributed by atoms with Crippen LogP contribution in [0, 0.1) is 13.8 Å². The maximum atomic E-state index is 4.69. The molecule has 1 aliphatic rings. The fourth-order valence-corrected chi connectivity index (χ4v) is 3.43. The Balaban J connectivity index is 1.93. The van der Waals surface area contributed by atoms with Crippen molar-refractivity contribution in [3.63, 3.8) is 0 Å². The Morgan fingerprint density at radius 1 is 1.19 bits per heavy atom. The van der Waals surface area contributed by atoms with Gasteiger partial charge in [0.2, 0.25) is 5.95 Å². The van der Waals surface area contributed by atoms with Crippen molar-refractivity contribution in [2.45, 2.75) is 52.0 Å². The molecule has 2 aromatic rings. The minimum absolute atomic E-state index is 0.562. The molecule has 3 rings (SSSR count). The second-order valence-corrected chi connectivity index (χ2v) is 6.79. The van der Waals surface area contributed by atoms with Gasteiger partial charge in [0.15, 0.2) is 0 Å². The molecule has 0 atom stereocenters. The van der Waals surface area contributed by atoms with Gasteiger partial charge in [-0.05, 0) is 44.4 Å². The zero-order valence-corrected chi connectivity index (χ0v) is 14.3. The molecule has 1 aromatic carbocycles. The third-order valence-corrected chi connectivity index (χ3v) is 5.12. The van der Waals surface area contributed by atoms with Crippen LogP contribution in [0.1, 0.15) is 43.4 Å². The number of halogens is 1. The van der Waals surface area contributed by atoms with E-state index in [2.05, 4.69) is 69.0 Å². The summed E-state index contributed by atoms with van der Waals surface area (Å²) < 4.78 is 3.32. The molecule has 1 saturated carbocycles. The van der Waals surface area contributed by atoms with Gasteiger partial charge in [-0.15, -0.1) is 0 Å². The number of benzene rings is 1. The molecule has 0 unspecified atom stereocenters. The first-order valence-corrected chi connectivity index (χ1v) is 8.52. The van der Waals surface area contributed by atoms with E-state index in [9.17, 15) is 0 Å². The first-order chi connectivity index (χ1) is 10.1. The summed E-state index contributed by atoms with van der Waals surface area (Å²) in [5.74, 6) is 0.973. The van der Waals surface area contributed by atoms with Gasteiger partial charge >= 0.3 is 0 Å². The topological polar surface area (TPSA) is 29.9 Å². The molecule has 0 radical (unpaired) electrons. The molecule has 0 saturated heterocycles. The lowest BCUT2D eigenvalue weighted by atomic mass is 9.96. The molecule has 112 valence electrons. The molecule has 4 heteroatoms. The van der Waals surface area contributed by atoms with Crippen LogP contribution in [0.25, 0.3) is 5.69 Å². The van der Waals surface area contributed by atoms with Crippen LogP contribution in [0.2, 0.25) is 0 Å². The molecule has 1 aromatic heterocycles. The second kappa shape index (κ2) is 6.22. The Morgan fingerprint density at radius 2 is 1.95 bits per heavy atom. The minimum atomic E-state index is 0.562. The highest BCUT2D eigenvalue weighted by Gasteiger charge is 2.17. The molecule has 0 spiro atoms. The molecule has 21 heavy (non-hydrogen) atoms. The highest BCUT2D eigenvalue weighted by Crippen LogP contribution is 2.27. The van der Waals surface area contributed by atoms with Crippen LogP contribution in [0.4, 0.5) is 5.95 Å². The summed E-state index contributed by atoms with van der Waals surface area (Å²) in [6, 6.07) is 6.86. The van der Waals surface area contributed by atoms with Gasteiger partial charge in [-0.25, -0.2) is 4.98 Å². The second-order valence-electron chi connectivity index (χ2n) is 5.94. The average Bonchev–Trinajstić information content (AvgIpc) is 2.83. The van der Waals surface area contributed by atoms with E-state index < -0.39 is 0 Å². The molecular formula is C17H22BrN3. The van der Waals surface area contributed by atoms with Gasteiger partial charge in [-0.1, -0.05) is 41.3 Å². The van der Waals surface area contributed by atoms with Gasteiger partial charge in [0.25, 0.3) is 0 Å². The summed E-state index contributed by atoms with van der Waals surface area (Å²) in [5, 5.41) is 3.65. The highest BCUT2D eigenvalue weighted by molar-refractivity contribution is 9.10. The Morgan fingerprint density at radius 3 is 2.71 bits per heavy atom. The SMILES string of the molecule is Cc1cn(-c2cccc(Br)c2C)c(NC2CCCCC2)n1. The van der Waals surface area contributed by atoms with Crippen molar-refractivity contribution in [2.75, 3.05) is 5.32 Å². The van der Waals surface area contributed by atoms with Gasteiger partial charge in [0.1, 0.15) is 0 Å². The number of nitrogens with zero attached hydrogens (tertiary/aromatic N) is 2. The first-order valence-electron chi connectivity index (χ1n) is 7.73. The first kappa shape index (κ1) is 14.6. The van der Waals surface area contributed by atoms with Crippen molar-refractivity contribution in [1.29, 1.82) is 0 Å². The Bertz CT molecular complexity index is 627. The lowest BCUT2D eigenvalue weighted by Crippen LogP contribution is -2.24. The van der Waals surface area contributed by atoms with Crippen molar-refractivity contribution < 1.29 is 0 Å². The van der Waals surface area contributed by atoms with E-state index in [1.54, 1.807) is 0 Å². The van der Waals surface area contributed by atoms with Crippen LogP contribution < -0.4 is 5.32 Å². The zero-order valence-electron chi connectivity index (χ0n) is 12.7. The third-order valence-electron chi connectivity index (χ3n) is 4.26. The normalized spacial score (nSPS) is 16.1. The summed E-state index contributed by atoms with van der Waals surface area (Å²) in [5.41, 5.74) is 3.47. The van der Waals surface area contributed by atoms with Crippen molar-refractivity contribution in [1.82, 2.24) is 9.55 Å². The summed E-state index contributed by atoms with van der Waals surface area (Å²) in [7, 11) is 0. The Labute approximate surface area is 134 Å². The Kier molecular flexibility index (Phi) is 4.34. The quantitative estimate of drug-likeness (QED) is 0.846. The molecule has 1 heterocycles. The number of aryl methyl sites for hydroxylation is 1. The van der Waals surface area contributed by atoms with E-state index in [4.69, 9.17) is 0 Å².